The van der Waals surface area contributed by atoms with Gasteiger partial charge in [-0.2, -0.15) is 0 Å². The average Bonchev–Trinajstić information content (AvgIpc) is 2.67. The van der Waals surface area contributed by atoms with Gasteiger partial charge in [-0.25, -0.2) is 8.42 Å². The average molecular weight is 300 g/mol. The van der Waals surface area contributed by atoms with Crippen LogP contribution in [0.4, 0.5) is 5.69 Å². The molecule has 0 bridgehead atoms. The van der Waals surface area contributed by atoms with Gasteiger partial charge in [0.25, 0.3) is 5.91 Å². The first-order chi connectivity index (χ1) is 9.18. The van der Waals surface area contributed by atoms with Gasteiger partial charge in [0.15, 0.2) is 9.84 Å². The highest BCUT2D eigenvalue weighted by Gasteiger charge is 2.33. The van der Waals surface area contributed by atoms with Gasteiger partial charge in [-0.05, 0) is 18.2 Å². The van der Waals surface area contributed by atoms with Crippen molar-refractivity contribution in [1.29, 1.82) is 0 Å². The van der Waals surface area contributed by atoms with Gasteiger partial charge in [0.1, 0.15) is 0 Å². The summed E-state index contributed by atoms with van der Waals surface area (Å²) in [5.41, 5.74) is 5.89. The van der Waals surface area contributed by atoms with Crippen molar-refractivity contribution in [2.45, 2.75) is 17.1 Å². The fraction of sp³-hybridized carbons (Fsp3) is 0.417. The zero-order valence-electron chi connectivity index (χ0n) is 10.9. The monoisotopic (exact) mass is 300 g/mol. The molecule has 1 aliphatic rings. The van der Waals surface area contributed by atoms with E-state index in [-0.39, 0.29) is 29.2 Å². The first-order valence-electron chi connectivity index (χ1n) is 5.94. The van der Waals surface area contributed by atoms with Gasteiger partial charge in [-0.3, -0.25) is 4.79 Å². The first kappa shape index (κ1) is 14.8. The van der Waals surface area contributed by atoms with E-state index in [4.69, 9.17) is 5.73 Å². The number of nitrogens with two attached hydrogens (primary N) is 1. The second-order valence-corrected chi connectivity index (χ2v) is 6.92. The molecule has 0 aromatic heterocycles. The predicted octanol–water partition coefficient (Wildman–Crippen LogP) is -1.15. The number of nitrogens with zero attached hydrogens (tertiary/aromatic N) is 1. The number of carbonyl (C=O) groups is 1. The molecule has 1 amide bonds. The van der Waals surface area contributed by atoms with Gasteiger partial charge in [0.05, 0.1) is 17.1 Å². The lowest BCUT2D eigenvalue weighted by Gasteiger charge is -2.16. The van der Waals surface area contributed by atoms with Crippen LogP contribution in [-0.4, -0.2) is 61.0 Å². The number of hydrogen-bond acceptors (Lipinski definition) is 6. The van der Waals surface area contributed by atoms with Crippen LogP contribution in [0.1, 0.15) is 10.4 Å². The Hall–Kier alpha value is -1.64. The molecule has 4 N–H and O–H groups in total. The van der Waals surface area contributed by atoms with E-state index in [1.54, 1.807) is 0 Å². The third kappa shape index (κ3) is 2.92. The molecule has 1 aromatic rings. The van der Waals surface area contributed by atoms with Crippen LogP contribution in [0.15, 0.2) is 23.1 Å². The first-order valence-corrected chi connectivity index (χ1v) is 7.83. The minimum absolute atomic E-state index is 0.00298. The van der Waals surface area contributed by atoms with Crippen molar-refractivity contribution >= 4 is 21.4 Å². The van der Waals surface area contributed by atoms with Gasteiger partial charge < -0.3 is 20.8 Å². The molecule has 1 saturated heterocycles. The molecule has 1 fully saturated rings. The Morgan fingerprint density at radius 3 is 2.30 bits per heavy atom. The summed E-state index contributed by atoms with van der Waals surface area (Å²) in [5, 5.41) is 18.9. The number of amides is 1. The van der Waals surface area contributed by atoms with E-state index in [0.29, 0.717) is 0 Å². The van der Waals surface area contributed by atoms with Crippen molar-refractivity contribution in [2.75, 3.05) is 25.1 Å². The molecule has 2 atom stereocenters. The molecule has 0 radical (unpaired) electrons. The summed E-state index contributed by atoms with van der Waals surface area (Å²) in [7, 11) is -3.48. The lowest BCUT2D eigenvalue weighted by atomic mass is 10.2. The third-order valence-electron chi connectivity index (χ3n) is 3.15. The van der Waals surface area contributed by atoms with Crippen LogP contribution in [0, 0.1) is 0 Å². The topological polar surface area (TPSA) is 121 Å². The van der Waals surface area contributed by atoms with Crippen LogP contribution in [0.25, 0.3) is 0 Å². The fourth-order valence-corrected chi connectivity index (χ4v) is 2.77. The number of hydrogen-bond donors (Lipinski definition) is 3. The number of carbonyl (C=O) groups excluding carboxylic acids is 1. The smallest absolute Gasteiger partial charge is 0.254 e. The van der Waals surface area contributed by atoms with E-state index >= 15 is 0 Å². The molecule has 0 saturated carbocycles. The second kappa shape index (κ2) is 5.04. The lowest BCUT2D eigenvalue weighted by molar-refractivity contribution is 0.0572. The molecule has 1 aliphatic heterocycles. The zero-order valence-corrected chi connectivity index (χ0v) is 11.7. The SMILES string of the molecule is CS(=O)(=O)c1cc(N)cc(C(=O)N2C[C@@H](O)[C@@H](O)C2)c1. The molecule has 8 heteroatoms. The normalized spacial score (nSPS) is 23.1. The highest BCUT2D eigenvalue weighted by Crippen LogP contribution is 2.20. The van der Waals surface area contributed by atoms with Crippen molar-refractivity contribution in [3.8, 4) is 0 Å². The number of aliphatic hydroxyl groups excluding tert-OH is 2. The molecule has 7 nitrogen and oxygen atoms in total. The standard InChI is InChI=1S/C12H16N2O5S/c1-20(18,19)9-3-7(2-8(13)4-9)12(17)14-5-10(15)11(16)6-14/h2-4,10-11,15-16H,5-6,13H2,1H3/t10-,11+. The highest BCUT2D eigenvalue weighted by atomic mass is 32.2. The number of anilines is 1. The molecule has 20 heavy (non-hydrogen) atoms. The predicted molar refractivity (Wildman–Crippen MR) is 71.9 cm³/mol. The number of nitrogen functional groups attached to an aromatic ring is 1. The number of aliphatic hydroxyl groups is 2. The van der Waals surface area contributed by atoms with Crippen LogP contribution in [-0.2, 0) is 9.84 Å². The minimum Gasteiger partial charge on any atom is -0.399 e. The van der Waals surface area contributed by atoms with E-state index in [0.717, 1.165) is 6.26 Å². The molecular formula is C12H16N2O5S. The number of likely N-dealkylation sites (tertiary alicyclic amines) is 1. The molecule has 1 heterocycles. The van der Waals surface area contributed by atoms with Crippen molar-refractivity contribution in [2.24, 2.45) is 0 Å². The van der Waals surface area contributed by atoms with Gasteiger partial charge in [0.2, 0.25) is 0 Å². The summed E-state index contributed by atoms with van der Waals surface area (Å²) in [6.07, 6.45) is -0.955. The number of sulfone groups is 1. The summed E-state index contributed by atoms with van der Waals surface area (Å²) in [4.78, 5) is 13.4. The number of rotatable bonds is 2. The van der Waals surface area contributed by atoms with Crippen molar-refractivity contribution in [1.82, 2.24) is 4.90 Å². The van der Waals surface area contributed by atoms with E-state index in [2.05, 4.69) is 0 Å². The maximum absolute atomic E-state index is 12.2. The Bertz CT molecular complexity index is 633. The molecule has 0 aliphatic carbocycles. The van der Waals surface area contributed by atoms with Crippen LogP contribution in [0.5, 0.6) is 0 Å². The van der Waals surface area contributed by atoms with E-state index < -0.39 is 28.0 Å². The quantitative estimate of drug-likeness (QED) is 0.593. The Kier molecular flexibility index (Phi) is 3.72. The summed E-state index contributed by atoms with van der Waals surface area (Å²) in [5.74, 6) is -0.474. The van der Waals surface area contributed by atoms with Gasteiger partial charge >= 0.3 is 0 Å². The Labute approximate surface area is 116 Å². The maximum atomic E-state index is 12.2. The van der Waals surface area contributed by atoms with Gasteiger partial charge in [-0.15, -0.1) is 0 Å². The summed E-state index contributed by atoms with van der Waals surface area (Å²) in [6.45, 7) is 0.00597. The summed E-state index contributed by atoms with van der Waals surface area (Å²) in [6, 6.07) is 3.89. The number of β-amino-alcohol motifs (C(OH)–C–C–N with tert-alkyl or cyclic N) is 2. The lowest BCUT2D eigenvalue weighted by Crippen LogP contribution is -2.30. The van der Waals surface area contributed by atoms with Crippen LogP contribution in [0.2, 0.25) is 0 Å². The zero-order chi connectivity index (χ0) is 15.1. The Morgan fingerprint density at radius 1 is 1.25 bits per heavy atom. The molecule has 110 valence electrons. The summed E-state index contributed by atoms with van der Waals surface area (Å²) < 4.78 is 23.0. The van der Waals surface area contributed by atoms with Crippen LogP contribution < -0.4 is 5.73 Å². The van der Waals surface area contributed by atoms with Gasteiger partial charge in [-0.1, -0.05) is 0 Å². The van der Waals surface area contributed by atoms with Crippen molar-refractivity contribution in [3.63, 3.8) is 0 Å². The Morgan fingerprint density at radius 2 is 1.80 bits per heavy atom. The molecular weight excluding hydrogens is 284 g/mol. The largest absolute Gasteiger partial charge is 0.399 e. The maximum Gasteiger partial charge on any atom is 0.254 e. The molecule has 0 spiro atoms. The van der Waals surface area contributed by atoms with E-state index in [9.17, 15) is 23.4 Å². The Balaban J connectivity index is 2.34. The van der Waals surface area contributed by atoms with Crippen molar-refractivity contribution in [3.05, 3.63) is 23.8 Å². The highest BCUT2D eigenvalue weighted by molar-refractivity contribution is 7.90. The fourth-order valence-electron chi connectivity index (χ4n) is 2.08. The minimum atomic E-state index is -3.48. The second-order valence-electron chi connectivity index (χ2n) is 4.91. The number of benzene rings is 1. The third-order valence-corrected chi connectivity index (χ3v) is 4.24. The molecule has 0 unspecified atom stereocenters. The van der Waals surface area contributed by atoms with E-state index in [1.807, 2.05) is 0 Å². The van der Waals surface area contributed by atoms with Gasteiger partial charge in [0, 0.05) is 30.6 Å². The van der Waals surface area contributed by atoms with Crippen LogP contribution >= 0.6 is 0 Å². The summed E-state index contributed by atoms with van der Waals surface area (Å²) >= 11 is 0. The van der Waals surface area contributed by atoms with Crippen LogP contribution in [0.3, 0.4) is 0 Å². The van der Waals surface area contributed by atoms with E-state index in [1.165, 1.54) is 23.1 Å². The van der Waals surface area contributed by atoms with Crippen molar-refractivity contribution < 1.29 is 23.4 Å². The molecule has 2 rings (SSSR count). The molecule has 1 aromatic carbocycles.